The lowest BCUT2D eigenvalue weighted by atomic mass is 10.1. The van der Waals surface area contributed by atoms with Crippen LogP contribution in [0.5, 0.6) is 0 Å². The molecule has 2 N–H and O–H groups in total. The Morgan fingerprint density at radius 1 is 1.20 bits per heavy atom. The van der Waals surface area contributed by atoms with E-state index >= 15 is 0 Å². The molecule has 4 heteroatoms. The number of likely N-dealkylation sites (tertiary alicyclic amines) is 1. The van der Waals surface area contributed by atoms with Crippen LogP contribution in [0.15, 0.2) is 18.3 Å². The average Bonchev–Trinajstić information content (AvgIpc) is 2.98. The van der Waals surface area contributed by atoms with E-state index in [2.05, 4.69) is 26.9 Å². The van der Waals surface area contributed by atoms with Gasteiger partial charge in [0.25, 0.3) is 0 Å². The molecule has 0 saturated carbocycles. The predicted molar refractivity (Wildman–Crippen MR) is 82.9 cm³/mol. The van der Waals surface area contributed by atoms with Gasteiger partial charge in [0.2, 0.25) is 0 Å². The zero-order chi connectivity index (χ0) is 13.9. The van der Waals surface area contributed by atoms with Crippen LogP contribution in [0.4, 0.5) is 5.69 Å². The Bertz CT molecular complexity index is 423. The number of rotatable bonds is 3. The van der Waals surface area contributed by atoms with Crippen molar-refractivity contribution in [3.05, 3.63) is 24.0 Å². The standard InChI is InChI=1S/C16H26N4/c1-13(17)16-6-5-14(11-18-16)20-10-7-15(12-20)19-8-3-2-4-9-19/h5-6,11,13,15H,2-4,7-10,12,17H2,1H3. The van der Waals surface area contributed by atoms with Crippen molar-refractivity contribution in [2.24, 2.45) is 5.73 Å². The van der Waals surface area contributed by atoms with Crippen molar-refractivity contribution in [1.29, 1.82) is 0 Å². The minimum absolute atomic E-state index is 0.0173. The first-order valence-electron chi connectivity index (χ1n) is 7.94. The second-order valence-electron chi connectivity index (χ2n) is 6.22. The number of aromatic nitrogens is 1. The summed E-state index contributed by atoms with van der Waals surface area (Å²) < 4.78 is 0. The van der Waals surface area contributed by atoms with Crippen LogP contribution in [0.1, 0.15) is 44.3 Å². The van der Waals surface area contributed by atoms with Crippen molar-refractivity contribution >= 4 is 5.69 Å². The van der Waals surface area contributed by atoms with Crippen LogP contribution in [0, 0.1) is 0 Å². The molecule has 2 unspecified atom stereocenters. The Morgan fingerprint density at radius 2 is 2.00 bits per heavy atom. The van der Waals surface area contributed by atoms with E-state index in [4.69, 9.17) is 5.73 Å². The molecule has 0 bridgehead atoms. The van der Waals surface area contributed by atoms with E-state index in [0.29, 0.717) is 0 Å². The molecule has 0 aromatic carbocycles. The quantitative estimate of drug-likeness (QED) is 0.917. The minimum Gasteiger partial charge on any atom is -0.369 e. The summed E-state index contributed by atoms with van der Waals surface area (Å²) in [7, 11) is 0. The van der Waals surface area contributed by atoms with Gasteiger partial charge in [-0.05, 0) is 51.4 Å². The van der Waals surface area contributed by atoms with Gasteiger partial charge in [-0.25, -0.2) is 0 Å². The zero-order valence-electron chi connectivity index (χ0n) is 12.5. The van der Waals surface area contributed by atoms with Gasteiger partial charge in [-0.2, -0.15) is 0 Å². The van der Waals surface area contributed by atoms with E-state index < -0.39 is 0 Å². The second-order valence-corrected chi connectivity index (χ2v) is 6.22. The Hall–Kier alpha value is -1.13. The molecule has 0 amide bonds. The van der Waals surface area contributed by atoms with Crippen LogP contribution < -0.4 is 10.6 Å². The lowest BCUT2D eigenvalue weighted by molar-refractivity contribution is 0.175. The van der Waals surface area contributed by atoms with Crippen molar-refractivity contribution in [2.45, 2.75) is 44.7 Å². The molecule has 2 atom stereocenters. The lowest BCUT2D eigenvalue weighted by Gasteiger charge is -2.32. The molecule has 1 aromatic heterocycles. The maximum atomic E-state index is 5.85. The highest BCUT2D eigenvalue weighted by molar-refractivity contribution is 5.46. The van der Waals surface area contributed by atoms with Crippen LogP contribution in [-0.2, 0) is 0 Å². The molecule has 1 aromatic rings. The monoisotopic (exact) mass is 274 g/mol. The maximum absolute atomic E-state index is 5.85. The second kappa shape index (κ2) is 6.10. The summed E-state index contributed by atoms with van der Waals surface area (Å²) >= 11 is 0. The van der Waals surface area contributed by atoms with Gasteiger partial charge in [0.15, 0.2) is 0 Å². The molecule has 20 heavy (non-hydrogen) atoms. The Labute approximate surface area is 122 Å². The fourth-order valence-electron chi connectivity index (χ4n) is 3.41. The van der Waals surface area contributed by atoms with Crippen molar-refractivity contribution in [2.75, 3.05) is 31.1 Å². The summed E-state index contributed by atoms with van der Waals surface area (Å²) in [6.07, 6.45) is 7.43. The fraction of sp³-hybridized carbons (Fsp3) is 0.688. The molecule has 4 nitrogen and oxygen atoms in total. The van der Waals surface area contributed by atoms with Crippen molar-refractivity contribution in [3.63, 3.8) is 0 Å². The highest BCUT2D eigenvalue weighted by atomic mass is 15.3. The molecule has 0 radical (unpaired) electrons. The molecule has 110 valence electrons. The van der Waals surface area contributed by atoms with Crippen molar-refractivity contribution in [1.82, 2.24) is 9.88 Å². The van der Waals surface area contributed by atoms with Gasteiger partial charge in [-0.15, -0.1) is 0 Å². The molecule has 2 aliphatic heterocycles. The van der Waals surface area contributed by atoms with Crippen LogP contribution in [0.2, 0.25) is 0 Å². The maximum Gasteiger partial charge on any atom is 0.0569 e. The van der Waals surface area contributed by atoms with Crippen LogP contribution >= 0.6 is 0 Å². The smallest absolute Gasteiger partial charge is 0.0569 e. The molecule has 3 heterocycles. The van der Waals surface area contributed by atoms with Crippen LogP contribution in [0.25, 0.3) is 0 Å². The lowest BCUT2D eigenvalue weighted by Crippen LogP contribution is -2.40. The molecule has 0 spiro atoms. The number of nitrogens with two attached hydrogens (primary N) is 1. The van der Waals surface area contributed by atoms with Gasteiger partial charge in [-0.1, -0.05) is 6.42 Å². The molecular weight excluding hydrogens is 248 g/mol. The summed E-state index contributed by atoms with van der Waals surface area (Å²) in [5.41, 5.74) is 8.07. The van der Waals surface area contributed by atoms with Crippen LogP contribution in [0.3, 0.4) is 0 Å². The first-order valence-corrected chi connectivity index (χ1v) is 7.94. The molecule has 2 saturated heterocycles. The van der Waals surface area contributed by atoms with E-state index in [1.165, 1.54) is 44.5 Å². The topological polar surface area (TPSA) is 45.4 Å². The van der Waals surface area contributed by atoms with E-state index in [1.807, 2.05) is 13.1 Å². The van der Waals surface area contributed by atoms with E-state index in [0.717, 1.165) is 24.8 Å². The number of nitrogens with zero attached hydrogens (tertiary/aromatic N) is 3. The fourth-order valence-corrected chi connectivity index (χ4v) is 3.41. The summed E-state index contributed by atoms with van der Waals surface area (Å²) in [5.74, 6) is 0. The Morgan fingerprint density at radius 3 is 2.65 bits per heavy atom. The average molecular weight is 274 g/mol. The molecule has 2 aliphatic rings. The van der Waals surface area contributed by atoms with E-state index in [9.17, 15) is 0 Å². The number of anilines is 1. The third-order valence-electron chi connectivity index (χ3n) is 4.67. The van der Waals surface area contributed by atoms with Gasteiger partial charge in [0.1, 0.15) is 0 Å². The zero-order valence-corrected chi connectivity index (χ0v) is 12.5. The van der Waals surface area contributed by atoms with E-state index in [1.54, 1.807) is 0 Å². The summed E-state index contributed by atoms with van der Waals surface area (Å²) in [5, 5.41) is 0. The third-order valence-corrected chi connectivity index (χ3v) is 4.67. The number of pyridine rings is 1. The first kappa shape index (κ1) is 13.8. The summed E-state index contributed by atoms with van der Waals surface area (Å²) in [4.78, 5) is 9.64. The number of hydrogen-bond donors (Lipinski definition) is 1. The highest BCUT2D eigenvalue weighted by Gasteiger charge is 2.28. The Kier molecular flexibility index (Phi) is 4.22. The number of hydrogen-bond acceptors (Lipinski definition) is 4. The molecule has 3 rings (SSSR count). The Balaban J connectivity index is 1.61. The normalized spacial score (nSPS) is 25.9. The first-order chi connectivity index (χ1) is 9.74. The SMILES string of the molecule is CC(N)c1ccc(N2CCC(N3CCCCC3)C2)cn1. The van der Waals surface area contributed by atoms with Gasteiger partial charge in [0, 0.05) is 25.2 Å². The summed E-state index contributed by atoms with van der Waals surface area (Å²) in [6.45, 7) is 6.87. The van der Waals surface area contributed by atoms with Gasteiger partial charge < -0.3 is 10.6 Å². The van der Waals surface area contributed by atoms with E-state index in [-0.39, 0.29) is 6.04 Å². The largest absolute Gasteiger partial charge is 0.369 e. The predicted octanol–water partition coefficient (Wildman–Crippen LogP) is 2.17. The van der Waals surface area contributed by atoms with Crippen molar-refractivity contribution < 1.29 is 0 Å². The van der Waals surface area contributed by atoms with Gasteiger partial charge in [-0.3, -0.25) is 9.88 Å². The van der Waals surface area contributed by atoms with Crippen molar-refractivity contribution in [3.8, 4) is 0 Å². The molecular formula is C16H26N4. The minimum atomic E-state index is 0.0173. The highest BCUT2D eigenvalue weighted by Crippen LogP contribution is 2.25. The number of piperidine rings is 1. The summed E-state index contributed by atoms with van der Waals surface area (Å²) in [6, 6.07) is 4.99. The third kappa shape index (κ3) is 2.96. The molecule has 0 aliphatic carbocycles. The van der Waals surface area contributed by atoms with Gasteiger partial charge in [0.05, 0.1) is 17.6 Å². The van der Waals surface area contributed by atoms with Gasteiger partial charge >= 0.3 is 0 Å². The molecule has 2 fully saturated rings. The van der Waals surface area contributed by atoms with Crippen LogP contribution in [-0.4, -0.2) is 42.1 Å².